The Morgan fingerprint density at radius 3 is 2.07 bits per heavy atom. The third kappa shape index (κ3) is 10.7. The van der Waals surface area contributed by atoms with Crippen molar-refractivity contribution in [1.29, 1.82) is 0 Å². The number of likely N-dealkylation sites (N-methyl/N-ethyl adjacent to an activating group) is 1. The van der Waals surface area contributed by atoms with Gasteiger partial charge in [-0.15, -0.1) is 0 Å². The van der Waals surface area contributed by atoms with E-state index < -0.39 is 108 Å². The van der Waals surface area contributed by atoms with Crippen LogP contribution >= 0.6 is 0 Å². The van der Waals surface area contributed by atoms with Crippen LogP contribution in [-0.2, 0) is 47.5 Å². The van der Waals surface area contributed by atoms with Crippen LogP contribution in [-0.4, -0.2) is 155 Å². The highest BCUT2D eigenvalue weighted by atomic mass is 16.7. The van der Waals surface area contributed by atoms with Crippen molar-refractivity contribution in [3.8, 4) is 0 Å². The quantitative estimate of drug-likeness (QED) is 0.235. The lowest BCUT2D eigenvalue weighted by Gasteiger charge is -2.50. The smallest absolute Gasteiger partial charge is 0.311 e. The fourth-order valence-corrected chi connectivity index (χ4v) is 8.79. The number of aliphatic hydroxyl groups excluding tert-OH is 3. The third-order valence-corrected chi connectivity index (χ3v) is 12.4. The Hall–Kier alpha value is -1.63. The molecule has 55 heavy (non-hydrogen) atoms. The lowest BCUT2D eigenvalue weighted by Crippen LogP contribution is -2.61. The summed E-state index contributed by atoms with van der Waals surface area (Å²) in [4.78, 5) is 42.8. The van der Waals surface area contributed by atoms with Gasteiger partial charge in [-0.1, -0.05) is 27.7 Å². The van der Waals surface area contributed by atoms with E-state index in [9.17, 15) is 34.8 Å². The summed E-state index contributed by atoms with van der Waals surface area (Å²) in [6.45, 7) is 17.7. The number of Topliss-reactive ketones (excluding diaryl/α,β-unsaturated/α-hetero) is 2. The maximum absolute atomic E-state index is 14.3. The standard InChI is InChI=1S/C40H71NO14/c1-15-28-40(11,48)33(45)23(5)30(43)20(2)17-39(10,50-19-21(3)42)35(55-37-31(44)27(41(12)13)16-22(4)51-37)24(6)32(25(7)36(47)53-28)54-29-18-38(9,49-14)34(46)26(8)52-29/h20,22-29,31-35,37,44-46,48H,15-19H2,1-14H3/t20-,22-,23+,24+,25-,26+,27+,28?,29+,31-,32?,33-,34+,35-,37+,38-,39-,40-/m1/s1. The monoisotopic (exact) mass is 789 g/mol. The zero-order chi connectivity index (χ0) is 42.0. The Bertz CT molecular complexity index is 1300. The van der Waals surface area contributed by atoms with Gasteiger partial charge in [0.2, 0.25) is 0 Å². The Morgan fingerprint density at radius 1 is 0.909 bits per heavy atom. The van der Waals surface area contributed by atoms with Crippen LogP contribution in [0.2, 0.25) is 0 Å². The first-order chi connectivity index (χ1) is 25.3. The highest BCUT2D eigenvalue weighted by molar-refractivity contribution is 5.83. The molecule has 0 aliphatic carbocycles. The van der Waals surface area contributed by atoms with Crippen LogP contribution in [0.3, 0.4) is 0 Å². The fourth-order valence-electron chi connectivity index (χ4n) is 8.79. The molecule has 0 bridgehead atoms. The van der Waals surface area contributed by atoms with Crippen molar-refractivity contribution < 1.29 is 68.0 Å². The lowest BCUT2D eigenvalue weighted by molar-refractivity contribution is -0.320. The minimum Gasteiger partial charge on any atom is -0.459 e. The van der Waals surface area contributed by atoms with Crippen molar-refractivity contribution in [1.82, 2.24) is 4.90 Å². The molecule has 0 spiro atoms. The summed E-state index contributed by atoms with van der Waals surface area (Å²) in [5, 5.41) is 45.8. The molecule has 0 radical (unpaired) electrons. The van der Waals surface area contributed by atoms with Gasteiger partial charge in [0.05, 0.1) is 47.6 Å². The summed E-state index contributed by atoms with van der Waals surface area (Å²) in [6, 6.07) is -0.343. The van der Waals surface area contributed by atoms with Gasteiger partial charge in [-0.3, -0.25) is 14.4 Å². The number of carbonyl (C=O) groups excluding carboxylic acids is 3. The summed E-state index contributed by atoms with van der Waals surface area (Å²) in [7, 11) is 5.18. The Morgan fingerprint density at radius 2 is 1.53 bits per heavy atom. The van der Waals surface area contributed by atoms with Crippen molar-refractivity contribution in [2.45, 2.75) is 186 Å². The van der Waals surface area contributed by atoms with Crippen LogP contribution in [0, 0.1) is 23.7 Å². The molecule has 0 aromatic heterocycles. The molecule has 3 fully saturated rings. The maximum atomic E-state index is 14.3. The molecule has 2 unspecified atom stereocenters. The number of aliphatic hydroxyl groups is 4. The summed E-state index contributed by atoms with van der Waals surface area (Å²) in [5.74, 6) is -5.27. The average molecular weight is 790 g/mol. The predicted octanol–water partition coefficient (Wildman–Crippen LogP) is 2.40. The molecule has 3 heterocycles. The number of nitrogens with zero attached hydrogens (tertiary/aromatic N) is 1. The molecule has 15 nitrogen and oxygen atoms in total. The summed E-state index contributed by atoms with van der Waals surface area (Å²) < 4.78 is 44.2. The second kappa shape index (κ2) is 19.0. The SMILES string of the molecule is CCC1OC(=O)[C@H](C)C(O[C@H]2C[C@@](C)(OC)[C@@H](O)[C@H](C)O2)[C@H](C)[C@@H](O[C@@H]2O[C@H](C)C[C@H](N(C)C)[C@H]2O)[C@](C)(OCC(C)=O)C[C@@H](C)C(=O)[C@H](C)[C@@H](O)[C@]1(C)O. The van der Waals surface area contributed by atoms with Gasteiger partial charge in [0.1, 0.15) is 36.3 Å². The van der Waals surface area contributed by atoms with Gasteiger partial charge in [0.15, 0.2) is 18.4 Å². The van der Waals surface area contributed by atoms with Crippen LogP contribution in [0.15, 0.2) is 0 Å². The summed E-state index contributed by atoms with van der Waals surface area (Å²) >= 11 is 0. The predicted molar refractivity (Wildman–Crippen MR) is 201 cm³/mol. The Labute approximate surface area is 327 Å². The Kier molecular flexibility index (Phi) is 16.5. The second-order valence-electron chi connectivity index (χ2n) is 17.4. The van der Waals surface area contributed by atoms with Gasteiger partial charge in [0, 0.05) is 37.3 Å². The van der Waals surface area contributed by atoms with Crippen LogP contribution in [0.1, 0.15) is 102 Å². The van der Waals surface area contributed by atoms with E-state index in [4.69, 9.17) is 33.2 Å². The first-order valence-corrected chi connectivity index (χ1v) is 19.8. The van der Waals surface area contributed by atoms with Gasteiger partial charge < -0.3 is 58.5 Å². The molecule has 3 aliphatic heterocycles. The van der Waals surface area contributed by atoms with E-state index in [2.05, 4.69) is 0 Å². The van der Waals surface area contributed by atoms with Gasteiger partial charge in [-0.05, 0) is 81.8 Å². The highest BCUT2D eigenvalue weighted by Gasteiger charge is 2.54. The number of ketones is 2. The van der Waals surface area contributed by atoms with Crippen molar-refractivity contribution in [2.75, 3.05) is 27.8 Å². The zero-order valence-electron chi connectivity index (χ0n) is 35.5. The van der Waals surface area contributed by atoms with E-state index in [0.29, 0.717) is 6.42 Å². The number of ether oxygens (including phenoxy) is 7. The molecular formula is C40H71NO14. The van der Waals surface area contributed by atoms with Crippen LogP contribution in [0.25, 0.3) is 0 Å². The third-order valence-electron chi connectivity index (χ3n) is 12.4. The van der Waals surface area contributed by atoms with Crippen molar-refractivity contribution in [2.24, 2.45) is 23.7 Å². The Balaban J connectivity index is 2.29. The lowest BCUT2D eigenvalue weighted by atomic mass is 9.73. The second-order valence-corrected chi connectivity index (χ2v) is 17.4. The molecule has 15 heteroatoms. The average Bonchev–Trinajstić information content (AvgIpc) is 3.11. The zero-order valence-corrected chi connectivity index (χ0v) is 35.5. The van der Waals surface area contributed by atoms with Crippen LogP contribution in [0.4, 0.5) is 0 Å². The molecule has 0 amide bonds. The van der Waals surface area contributed by atoms with E-state index >= 15 is 0 Å². The first kappa shape index (κ1) is 47.7. The number of hydrogen-bond acceptors (Lipinski definition) is 15. The van der Waals surface area contributed by atoms with E-state index in [-0.39, 0.29) is 43.8 Å². The normalized spacial score (nSPS) is 46.9. The van der Waals surface area contributed by atoms with Gasteiger partial charge >= 0.3 is 5.97 Å². The number of methoxy groups -OCH3 is 1. The largest absolute Gasteiger partial charge is 0.459 e. The molecule has 320 valence electrons. The minimum absolute atomic E-state index is 0.0313. The van der Waals surface area contributed by atoms with Crippen molar-refractivity contribution in [3.05, 3.63) is 0 Å². The molecule has 3 rings (SSSR count). The van der Waals surface area contributed by atoms with Gasteiger partial charge in [0.25, 0.3) is 0 Å². The van der Waals surface area contributed by atoms with Crippen molar-refractivity contribution >= 4 is 17.5 Å². The molecular weight excluding hydrogens is 718 g/mol. The molecule has 3 aliphatic rings. The minimum atomic E-state index is -2.02. The van der Waals surface area contributed by atoms with Crippen LogP contribution in [0.5, 0.6) is 0 Å². The molecule has 0 aromatic rings. The number of esters is 1. The fraction of sp³-hybridized carbons (Fsp3) is 0.925. The van der Waals surface area contributed by atoms with Crippen LogP contribution < -0.4 is 0 Å². The van der Waals surface area contributed by atoms with Gasteiger partial charge in [-0.25, -0.2) is 0 Å². The molecule has 18 atom stereocenters. The number of rotatable bonds is 10. The summed E-state index contributed by atoms with van der Waals surface area (Å²) in [5.41, 5.74) is -4.57. The first-order valence-electron chi connectivity index (χ1n) is 19.8. The van der Waals surface area contributed by atoms with Crippen molar-refractivity contribution in [3.63, 3.8) is 0 Å². The van der Waals surface area contributed by atoms with E-state index in [0.717, 1.165) is 0 Å². The number of carbonyl (C=O) groups is 3. The summed E-state index contributed by atoms with van der Waals surface area (Å²) in [6.07, 6.45) is -9.71. The number of hydrogen-bond donors (Lipinski definition) is 4. The molecule has 0 saturated carbocycles. The van der Waals surface area contributed by atoms with E-state index in [1.165, 1.54) is 27.9 Å². The van der Waals surface area contributed by atoms with E-state index in [1.54, 1.807) is 48.5 Å². The van der Waals surface area contributed by atoms with Gasteiger partial charge in [-0.2, -0.15) is 0 Å². The molecule has 0 aromatic carbocycles. The highest BCUT2D eigenvalue weighted by Crippen LogP contribution is 2.42. The topological polar surface area (TPSA) is 200 Å². The maximum Gasteiger partial charge on any atom is 0.311 e. The molecule has 3 saturated heterocycles. The van der Waals surface area contributed by atoms with E-state index in [1.807, 2.05) is 25.9 Å². The number of cyclic esters (lactones) is 1. The molecule has 4 N–H and O–H groups in total.